The van der Waals surface area contributed by atoms with Gasteiger partial charge in [0, 0.05) is 31.7 Å². The van der Waals surface area contributed by atoms with Crippen LogP contribution in [0.15, 0.2) is 54.6 Å². The van der Waals surface area contributed by atoms with E-state index >= 15 is 0 Å². The minimum Gasteiger partial charge on any atom is -0.489 e. The quantitative estimate of drug-likeness (QED) is 0.776. The summed E-state index contributed by atoms with van der Waals surface area (Å²) in [6.45, 7) is 4.80. The second-order valence-corrected chi connectivity index (χ2v) is 8.21. The number of anilines is 1. The zero-order valence-corrected chi connectivity index (χ0v) is 16.9. The van der Waals surface area contributed by atoms with Crippen molar-refractivity contribution in [3.05, 3.63) is 60.2 Å². The number of nitrogens with zero attached hydrogens (tertiary/aromatic N) is 2. The number of ether oxygens (including phenoxy) is 1. The van der Waals surface area contributed by atoms with Crippen molar-refractivity contribution in [3.63, 3.8) is 0 Å². The van der Waals surface area contributed by atoms with E-state index in [1.807, 2.05) is 59.5 Å². The van der Waals surface area contributed by atoms with E-state index in [1.54, 1.807) is 4.90 Å². The van der Waals surface area contributed by atoms with Gasteiger partial charge in [-0.15, -0.1) is 0 Å². The maximum absolute atomic E-state index is 12.9. The van der Waals surface area contributed by atoms with Gasteiger partial charge in [-0.05, 0) is 48.6 Å². The summed E-state index contributed by atoms with van der Waals surface area (Å²) in [6.07, 6.45) is 2.54. The third-order valence-corrected chi connectivity index (χ3v) is 5.84. The van der Waals surface area contributed by atoms with Crippen LogP contribution in [0.25, 0.3) is 0 Å². The summed E-state index contributed by atoms with van der Waals surface area (Å²) in [5, 5.41) is 0. The van der Waals surface area contributed by atoms with E-state index in [2.05, 4.69) is 6.92 Å². The fraction of sp³-hybridized carbons (Fsp3) is 0.417. The molecule has 2 aliphatic heterocycles. The number of hydrogen-bond acceptors (Lipinski definition) is 3. The zero-order valence-electron chi connectivity index (χ0n) is 16.9. The molecule has 2 saturated heterocycles. The van der Waals surface area contributed by atoms with E-state index in [-0.39, 0.29) is 17.7 Å². The molecular weight excluding hydrogens is 364 g/mol. The molecule has 4 rings (SSSR count). The highest BCUT2D eigenvalue weighted by molar-refractivity contribution is 6.00. The summed E-state index contributed by atoms with van der Waals surface area (Å²) < 4.78 is 5.82. The monoisotopic (exact) mass is 392 g/mol. The van der Waals surface area contributed by atoms with E-state index in [0.29, 0.717) is 25.5 Å². The van der Waals surface area contributed by atoms with Gasteiger partial charge in [0.15, 0.2) is 0 Å². The van der Waals surface area contributed by atoms with Crippen molar-refractivity contribution in [1.29, 1.82) is 0 Å². The van der Waals surface area contributed by atoms with Gasteiger partial charge < -0.3 is 14.5 Å². The van der Waals surface area contributed by atoms with E-state index in [0.717, 1.165) is 36.5 Å². The Balaban J connectivity index is 1.36. The van der Waals surface area contributed by atoms with Crippen molar-refractivity contribution >= 4 is 17.5 Å². The predicted octanol–water partition coefficient (Wildman–Crippen LogP) is 3.88. The van der Waals surface area contributed by atoms with Crippen LogP contribution in [0.5, 0.6) is 5.75 Å². The predicted molar refractivity (Wildman–Crippen MR) is 113 cm³/mol. The molecule has 0 bridgehead atoms. The molecule has 2 amide bonds. The molecule has 0 spiro atoms. The summed E-state index contributed by atoms with van der Waals surface area (Å²) in [4.78, 5) is 29.1. The lowest BCUT2D eigenvalue weighted by Gasteiger charge is -2.32. The number of amides is 2. The van der Waals surface area contributed by atoms with Crippen LogP contribution in [-0.2, 0) is 16.2 Å². The van der Waals surface area contributed by atoms with Crippen LogP contribution in [0.1, 0.15) is 31.7 Å². The molecule has 0 aromatic heterocycles. The minimum atomic E-state index is -0.234. The SMILES string of the molecule is CC1CCCN(C(=O)C2CC(=O)N(c3ccc(OCc4ccccc4)cc3)C2)C1. The molecule has 2 heterocycles. The van der Waals surface area contributed by atoms with E-state index in [1.165, 1.54) is 6.42 Å². The normalized spacial score (nSPS) is 22.0. The highest BCUT2D eigenvalue weighted by atomic mass is 16.5. The molecule has 0 aliphatic carbocycles. The summed E-state index contributed by atoms with van der Waals surface area (Å²) in [5.41, 5.74) is 1.93. The molecule has 2 atom stereocenters. The smallest absolute Gasteiger partial charge is 0.228 e. The fourth-order valence-corrected chi connectivity index (χ4v) is 4.23. The summed E-state index contributed by atoms with van der Waals surface area (Å²) in [5.74, 6) is 1.23. The molecule has 152 valence electrons. The Morgan fingerprint density at radius 3 is 2.55 bits per heavy atom. The number of likely N-dealkylation sites (tertiary alicyclic amines) is 1. The van der Waals surface area contributed by atoms with Gasteiger partial charge in [-0.1, -0.05) is 37.3 Å². The molecule has 2 fully saturated rings. The van der Waals surface area contributed by atoms with Crippen LogP contribution in [-0.4, -0.2) is 36.3 Å². The van der Waals surface area contributed by atoms with Crippen LogP contribution in [0.3, 0.4) is 0 Å². The summed E-state index contributed by atoms with van der Waals surface area (Å²) in [7, 11) is 0. The van der Waals surface area contributed by atoms with Crippen molar-refractivity contribution in [3.8, 4) is 5.75 Å². The van der Waals surface area contributed by atoms with Gasteiger partial charge >= 0.3 is 0 Å². The molecule has 0 radical (unpaired) electrons. The van der Waals surface area contributed by atoms with Crippen LogP contribution >= 0.6 is 0 Å². The lowest BCUT2D eigenvalue weighted by atomic mass is 9.98. The molecule has 2 unspecified atom stereocenters. The van der Waals surface area contributed by atoms with Gasteiger partial charge in [-0.25, -0.2) is 0 Å². The first-order valence-corrected chi connectivity index (χ1v) is 10.5. The Bertz CT molecular complexity index is 850. The Morgan fingerprint density at radius 2 is 1.83 bits per heavy atom. The van der Waals surface area contributed by atoms with Crippen molar-refractivity contribution < 1.29 is 14.3 Å². The second-order valence-electron chi connectivity index (χ2n) is 8.21. The average molecular weight is 392 g/mol. The number of rotatable bonds is 5. The van der Waals surface area contributed by atoms with E-state index in [9.17, 15) is 9.59 Å². The standard InChI is InChI=1S/C24H28N2O3/c1-18-6-5-13-25(15-18)24(28)20-14-23(27)26(16-20)21-9-11-22(12-10-21)29-17-19-7-3-2-4-8-19/h2-4,7-12,18,20H,5-6,13-17H2,1H3. The minimum absolute atomic E-state index is 0.0198. The second kappa shape index (κ2) is 8.68. The number of piperidine rings is 1. The summed E-state index contributed by atoms with van der Waals surface area (Å²) >= 11 is 0. The first-order valence-electron chi connectivity index (χ1n) is 10.5. The van der Waals surface area contributed by atoms with Gasteiger partial charge in [0.1, 0.15) is 12.4 Å². The Morgan fingerprint density at radius 1 is 1.07 bits per heavy atom. The van der Waals surface area contributed by atoms with Gasteiger partial charge in [0.25, 0.3) is 0 Å². The van der Waals surface area contributed by atoms with Crippen LogP contribution < -0.4 is 9.64 Å². The lowest BCUT2D eigenvalue weighted by Crippen LogP contribution is -2.43. The maximum Gasteiger partial charge on any atom is 0.228 e. The van der Waals surface area contributed by atoms with Crippen molar-refractivity contribution in [1.82, 2.24) is 4.90 Å². The molecule has 2 aromatic rings. The van der Waals surface area contributed by atoms with Crippen molar-refractivity contribution in [2.24, 2.45) is 11.8 Å². The Hall–Kier alpha value is -2.82. The number of carbonyl (C=O) groups excluding carboxylic acids is 2. The fourth-order valence-electron chi connectivity index (χ4n) is 4.23. The first-order chi connectivity index (χ1) is 14.1. The van der Waals surface area contributed by atoms with E-state index in [4.69, 9.17) is 4.74 Å². The third kappa shape index (κ3) is 4.61. The highest BCUT2D eigenvalue weighted by Crippen LogP contribution is 2.29. The maximum atomic E-state index is 12.9. The molecular formula is C24H28N2O3. The van der Waals surface area contributed by atoms with Gasteiger partial charge in [0.05, 0.1) is 5.92 Å². The highest BCUT2D eigenvalue weighted by Gasteiger charge is 2.37. The van der Waals surface area contributed by atoms with Crippen LogP contribution in [0.2, 0.25) is 0 Å². The van der Waals surface area contributed by atoms with Crippen LogP contribution in [0, 0.1) is 11.8 Å². The largest absolute Gasteiger partial charge is 0.489 e. The summed E-state index contributed by atoms with van der Waals surface area (Å²) in [6, 6.07) is 17.6. The molecule has 0 saturated carbocycles. The first kappa shape index (κ1) is 19.5. The molecule has 2 aromatic carbocycles. The molecule has 0 N–H and O–H groups in total. The topological polar surface area (TPSA) is 49.9 Å². The zero-order chi connectivity index (χ0) is 20.2. The third-order valence-electron chi connectivity index (χ3n) is 5.84. The molecule has 29 heavy (non-hydrogen) atoms. The number of hydrogen-bond donors (Lipinski definition) is 0. The van der Waals surface area contributed by atoms with E-state index < -0.39 is 0 Å². The number of carbonyl (C=O) groups is 2. The van der Waals surface area contributed by atoms with Gasteiger partial charge in [-0.3, -0.25) is 9.59 Å². The lowest BCUT2D eigenvalue weighted by molar-refractivity contribution is -0.137. The Labute approximate surface area is 172 Å². The Kier molecular flexibility index (Phi) is 5.84. The van der Waals surface area contributed by atoms with Gasteiger partial charge in [0.2, 0.25) is 11.8 Å². The molecule has 2 aliphatic rings. The van der Waals surface area contributed by atoms with Crippen molar-refractivity contribution in [2.75, 3.05) is 24.5 Å². The van der Waals surface area contributed by atoms with Crippen molar-refractivity contribution in [2.45, 2.75) is 32.8 Å². The molecule has 5 heteroatoms. The van der Waals surface area contributed by atoms with Crippen LogP contribution in [0.4, 0.5) is 5.69 Å². The molecule has 5 nitrogen and oxygen atoms in total. The average Bonchev–Trinajstić information content (AvgIpc) is 3.14. The number of benzene rings is 2. The van der Waals surface area contributed by atoms with Gasteiger partial charge in [-0.2, -0.15) is 0 Å².